The SMILES string of the molecule is CCCC1CCCCN1C1CNC(C)(C)C1. The fraction of sp³-hybridized carbons (Fsp3) is 1.00. The average Bonchev–Trinajstić information content (AvgIpc) is 2.60. The summed E-state index contributed by atoms with van der Waals surface area (Å²) in [4.78, 5) is 2.81. The van der Waals surface area contributed by atoms with Crippen LogP contribution in [0.5, 0.6) is 0 Å². The minimum absolute atomic E-state index is 0.360. The standard InChI is InChI=1S/C14H28N2/c1-4-7-12-8-5-6-9-16(12)13-10-14(2,3)15-11-13/h12-13,15H,4-11H2,1-3H3. The van der Waals surface area contributed by atoms with E-state index in [1.165, 1.54) is 51.6 Å². The van der Waals surface area contributed by atoms with E-state index in [2.05, 4.69) is 31.0 Å². The van der Waals surface area contributed by atoms with Crippen LogP contribution in [0.15, 0.2) is 0 Å². The summed E-state index contributed by atoms with van der Waals surface area (Å²) in [6.07, 6.45) is 8.36. The van der Waals surface area contributed by atoms with Gasteiger partial charge in [-0.15, -0.1) is 0 Å². The van der Waals surface area contributed by atoms with Gasteiger partial charge in [0.2, 0.25) is 0 Å². The van der Waals surface area contributed by atoms with Gasteiger partial charge in [-0.05, 0) is 46.1 Å². The summed E-state index contributed by atoms with van der Waals surface area (Å²) >= 11 is 0. The summed E-state index contributed by atoms with van der Waals surface area (Å²) in [6, 6.07) is 1.67. The first-order valence-electron chi connectivity index (χ1n) is 7.13. The van der Waals surface area contributed by atoms with Crippen LogP contribution in [0.3, 0.4) is 0 Å². The molecule has 2 fully saturated rings. The van der Waals surface area contributed by atoms with E-state index >= 15 is 0 Å². The van der Waals surface area contributed by atoms with Crippen molar-refractivity contribution in [2.45, 2.75) is 76.9 Å². The number of piperidine rings is 1. The Morgan fingerprint density at radius 3 is 2.75 bits per heavy atom. The highest BCUT2D eigenvalue weighted by Gasteiger charge is 2.36. The van der Waals surface area contributed by atoms with Gasteiger partial charge < -0.3 is 5.32 Å². The third-order valence-corrected chi connectivity index (χ3v) is 4.33. The molecule has 2 heteroatoms. The highest BCUT2D eigenvalue weighted by atomic mass is 15.2. The van der Waals surface area contributed by atoms with Crippen LogP contribution in [-0.2, 0) is 0 Å². The molecule has 2 heterocycles. The molecule has 2 nitrogen and oxygen atoms in total. The number of rotatable bonds is 3. The third-order valence-electron chi connectivity index (χ3n) is 4.33. The zero-order valence-corrected chi connectivity index (χ0v) is 11.3. The van der Waals surface area contributed by atoms with Gasteiger partial charge >= 0.3 is 0 Å². The molecule has 0 aliphatic carbocycles. The van der Waals surface area contributed by atoms with E-state index < -0.39 is 0 Å². The first-order valence-corrected chi connectivity index (χ1v) is 7.13. The lowest BCUT2D eigenvalue weighted by Crippen LogP contribution is -2.47. The fourth-order valence-electron chi connectivity index (χ4n) is 3.51. The van der Waals surface area contributed by atoms with Crippen LogP contribution in [0.4, 0.5) is 0 Å². The molecule has 0 spiro atoms. The van der Waals surface area contributed by atoms with Crippen molar-refractivity contribution >= 4 is 0 Å². The van der Waals surface area contributed by atoms with Crippen molar-refractivity contribution in [3.05, 3.63) is 0 Å². The molecule has 0 aromatic rings. The van der Waals surface area contributed by atoms with Crippen molar-refractivity contribution in [2.75, 3.05) is 13.1 Å². The van der Waals surface area contributed by atoms with Crippen LogP contribution in [-0.4, -0.2) is 35.6 Å². The van der Waals surface area contributed by atoms with Crippen LogP contribution in [0.25, 0.3) is 0 Å². The zero-order chi connectivity index (χ0) is 11.6. The fourth-order valence-corrected chi connectivity index (χ4v) is 3.51. The topological polar surface area (TPSA) is 15.3 Å². The van der Waals surface area contributed by atoms with Crippen molar-refractivity contribution in [2.24, 2.45) is 0 Å². The van der Waals surface area contributed by atoms with E-state index in [0.717, 1.165) is 12.1 Å². The molecule has 0 amide bonds. The van der Waals surface area contributed by atoms with Gasteiger partial charge in [-0.2, -0.15) is 0 Å². The molecule has 2 aliphatic heterocycles. The van der Waals surface area contributed by atoms with E-state index in [-0.39, 0.29) is 0 Å². The van der Waals surface area contributed by atoms with Crippen molar-refractivity contribution in [1.29, 1.82) is 0 Å². The smallest absolute Gasteiger partial charge is 0.0241 e. The van der Waals surface area contributed by atoms with Gasteiger partial charge in [0, 0.05) is 24.2 Å². The van der Waals surface area contributed by atoms with Crippen molar-refractivity contribution in [1.82, 2.24) is 10.2 Å². The van der Waals surface area contributed by atoms with Gasteiger partial charge in [0.05, 0.1) is 0 Å². The molecule has 0 radical (unpaired) electrons. The molecule has 0 aromatic heterocycles. The first kappa shape index (κ1) is 12.4. The Kier molecular flexibility index (Phi) is 3.91. The molecular formula is C14H28N2. The maximum Gasteiger partial charge on any atom is 0.0241 e. The second kappa shape index (κ2) is 5.05. The Labute approximate surface area is 101 Å². The molecule has 2 atom stereocenters. The monoisotopic (exact) mass is 224 g/mol. The quantitative estimate of drug-likeness (QED) is 0.793. The predicted octanol–water partition coefficient (Wildman–Crippen LogP) is 2.78. The highest BCUT2D eigenvalue weighted by molar-refractivity contribution is 4.96. The zero-order valence-electron chi connectivity index (χ0n) is 11.3. The molecule has 16 heavy (non-hydrogen) atoms. The molecule has 0 bridgehead atoms. The molecule has 0 aromatic carbocycles. The number of hydrogen-bond donors (Lipinski definition) is 1. The molecular weight excluding hydrogens is 196 g/mol. The molecule has 0 saturated carbocycles. The summed E-state index contributed by atoms with van der Waals surface area (Å²) in [5.41, 5.74) is 0.360. The third kappa shape index (κ3) is 2.78. The van der Waals surface area contributed by atoms with Crippen LogP contribution in [0, 0.1) is 0 Å². The summed E-state index contributed by atoms with van der Waals surface area (Å²) in [6.45, 7) is 9.54. The molecule has 2 aliphatic rings. The second-order valence-corrected chi connectivity index (χ2v) is 6.30. The van der Waals surface area contributed by atoms with Crippen molar-refractivity contribution < 1.29 is 0 Å². The Hall–Kier alpha value is -0.0800. The summed E-state index contributed by atoms with van der Waals surface area (Å²) in [5, 5.41) is 3.66. The van der Waals surface area contributed by atoms with E-state index in [4.69, 9.17) is 0 Å². The van der Waals surface area contributed by atoms with Gasteiger partial charge in [0.1, 0.15) is 0 Å². The van der Waals surface area contributed by atoms with Crippen LogP contribution in [0.1, 0.15) is 59.3 Å². The Balaban J connectivity index is 1.95. The molecule has 94 valence electrons. The predicted molar refractivity (Wildman–Crippen MR) is 69.7 cm³/mol. The lowest BCUT2D eigenvalue weighted by molar-refractivity contribution is 0.0938. The summed E-state index contributed by atoms with van der Waals surface area (Å²) in [5.74, 6) is 0. The Bertz CT molecular complexity index is 223. The van der Waals surface area contributed by atoms with Crippen molar-refractivity contribution in [3.8, 4) is 0 Å². The number of hydrogen-bond acceptors (Lipinski definition) is 2. The van der Waals surface area contributed by atoms with E-state index in [0.29, 0.717) is 5.54 Å². The largest absolute Gasteiger partial charge is 0.310 e. The maximum atomic E-state index is 3.66. The first-order chi connectivity index (χ1) is 7.62. The average molecular weight is 224 g/mol. The van der Waals surface area contributed by atoms with Crippen LogP contribution in [0.2, 0.25) is 0 Å². The minimum Gasteiger partial charge on any atom is -0.310 e. The summed E-state index contributed by atoms with van der Waals surface area (Å²) in [7, 11) is 0. The van der Waals surface area contributed by atoms with Gasteiger partial charge in [-0.25, -0.2) is 0 Å². The summed E-state index contributed by atoms with van der Waals surface area (Å²) < 4.78 is 0. The second-order valence-electron chi connectivity index (χ2n) is 6.30. The van der Waals surface area contributed by atoms with E-state index in [9.17, 15) is 0 Å². The Morgan fingerprint density at radius 1 is 1.31 bits per heavy atom. The van der Waals surface area contributed by atoms with Crippen LogP contribution < -0.4 is 5.32 Å². The minimum atomic E-state index is 0.360. The van der Waals surface area contributed by atoms with E-state index in [1.807, 2.05) is 0 Å². The number of nitrogens with one attached hydrogen (secondary N) is 1. The lowest BCUT2D eigenvalue weighted by atomic mass is 9.93. The highest BCUT2D eigenvalue weighted by Crippen LogP contribution is 2.29. The lowest BCUT2D eigenvalue weighted by Gasteiger charge is -2.40. The van der Waals surface area contributed by atoms with Gasteiger partial charge in [-0.1, -0.05) is 19.8 Å². The van der Waals surface area contributed by atoms with Crippen LogP contribution >= 0.6 is 0 Å². The normalized spacial score (nSPS) is 35.4. The number of nitrogens with zero attached hydrogens (tertiary/aromatic N) is 1. The van der Waals surface area contributed by atoms with Gasteiger partial charge in [0.25, 0.3) is 0 Å². The Morgan fingerprint density at radius 2 is 2.12 bits per heavy atom. The van der Waals surface area contributed by atoms with Crippen molar-refractivity contribution in [3.63, 3.8) is 0 Å². The molecule has 2 unspecified atom stereocenters. The maximum absolute atomic E-state index is 3.66. The van der Waals surface area contributed by atoms with Gasteiger partial charge in [0.15, 0.2) is 0 Å². The molecule has 1 N–H and O–H groups in total. The number of likely N-dealkylation sites (tertiary alicyclic amines) is 1. The molecule has 2 saturated heterocycles. The van der Waals surface area contributed by atoms with Gasteiger partial charge in [-0.3, -0.25) is 4.90 Å². The molecule has 2 rings (SSSR count). The van der Waals surface area contributed by atoms with E-state index in [1.54, 1.807) is 0 Å².